The SMILES string of the molecule is CC(C)(C)NCC(N)Cc1ccccc1. The van der Waals surface area contributed by atoms with E-state index in [2.05, 4.69) is 50.4 Å². The summed E-state index contributed by atoms with van der Waals surface area (Å²) in [6, 6.07) is 10.6. The average molecular weight is 206 g/mol. The summed E-state index contributed by atoms with van der Waals surface area (Å²) in [5.74, 6) is 0. The highest BCUT2D eigenvalue weighted by Crippen LogP contribution is 2.03. The minimum atomic E-state index is 0.147. The van der Waals surface area contributed by atoms with E-state index in [1.165, 1.54) is 5.56 Å². The largest absolute Gasteiger partial charge is 0.326 e. The Balaban J connectivity index is 2.34. The van der Waals surface area contributed by atoms with Crippen molar-refractivity contribution < 1.29 is 0 Å². The maximum absolute atomic E-state index is 6.05. The van der Waals surface area contributed by atoms with Crippen molar-refractivity contribution >= 4 is 0 Å². The Bertz CT molecular complexity index is 274. The van der Waals surface area contributed by atoms with Crippen LogP contribution in [-0.4, -0.2) is 18.1 Å². The first-order chi connectivity index (χ1) is 6.97. The highest BCUT2D eigenvalue weighted by atomic mass is 15.0. The molecule has 0 radical (unpaired) electrons. The van der Waals surface area contributed by atoms with Gasteiger partial charge in [0.25, 0.3) is 0 Å². The Morgan fingerprint density at radius 1 is 1.20 bits per heavy atom. The fourth-order valence-electron chi connectivity index (χ4n) is 1.43. The van der Waals surface area contributed by atoms with Gasteiger partial charge in [0.1, 0.15) is 0 Å². The third-order valence-corrected chi connectivity index (χ3v) is 2.24. The van der Waals surface area contributed by atoms with Crippen LogP contribution in [0.5, 0.6) is 0 Å². The number of benzene rings is 1. The quantitative estimate of drug-likeness (QED) is 0.790. The molecular weight excluding hydrogens is 184 g/mol. The molecule has 0 fully saturated rings. The van der Waals surface area contributed by atoms with E-state index < -0.39 is 0 Å². The molecule has 0 aliphatic carbocycles. The molecule has 0 saturated carbocycles. The first-order valence-corrected chi connectivity index (χ1v) is 5.52. The van der Waals surface area contributed by atoms with Gasteiger partial charge in [-0.3, -0.25) is 0 Å². The van der Waals surface area contributed by atoms with Crippen LogP contribution < -0.4 is 11.1 Å². The second-order valence-electron chi connectivity index (χ2n) is 5.08. The Morgan fingerprint density at radius 2 is 1.80 bits per heavy atom. The van der Waals surface area contributed by atoms with Crippen LogP contribution >= 0.6 is 0 Å². The van der Waals surface area contributed by atoms with Gasteiger partial charge in [-0.1, -0.05) is 30.3 Å². The van der Waals surface area contributed by atoms with Gasteiger partial charge in [0, 0.05) is 18.1 Å². The smallest absolute Gasteiger partial charge is 0.0206 e. The molecule has 0 aromatic heterocycles. The third-order valence-electron chi connectivity index (χ3n) is 2.24. The summed E-state index contributed by atoms with van der Waals surface area (Å²) < 4.78 is 0. The molecule has 0 aliphatic heterocycles. The maximum Gasteiger partial charge on any atom is 0.0206 e. The first kappa shape index (κ1) is 12.2. The van der Waals surface area contributed by atoms with Crippen molar-refractivity contribution in [3.05, 3.63) is 35.9 Å². The molecule has 1 atom stereocenters. The molecule has 0 saturated heterocycles. The lowest BCUT2D eigenvalue weighted by Crippen LogP contribution is -2.44. The molecule has 15 heavy (non-hydrogen) atoms. The molecule has 84 valence electrons. The van der Waals surface area contributed by atoms with Crippen LogP contribution in [0.25, 0.3) is 0 Å². The van der Waals surface area contributed by atoms with Crippen LogP contribution in [0.15, 0.2) is 30.3 Å². The Hall–Kier alpha value is -0.860. The van der Waals surface area contributed by atoms with Gasteiger partial charge in [0.05, 0.1) is 0 Å². The summed E-state index contributed by atoms with van der Waals surface area (Å²) in [4.78, 5) is 0. The zero-order valence-electron chi connectivity index (χ0n) is 9.96. The molecule has 0 amide bonds. The predicted octanol–water partition coefficient (Wildman–Crippen LogP) is 1.94. The van der Waals surface area contributed by atoms with Crippen molar-refractivity contribution in [2.75, 3.05) is 6.54 Å². The number of rotatable bonds is 4. The second-order valence-corrected chi connectivity index (χ2v) is 5.08. The lowest BCUT2D eigenvalue weighted by molar-refractivity contribution is 0.404. The van der Waals surface area contributed by atoms with Gasteiger partial charge in [0.15, 0.2) is 0 Å². The van der Waals surface area contributed by atoms with Crippen molar-refractivity contribution in [3.8, 4) is 0 Å². The standard InChI is InChI=1S/C13H22N2/c1-13(2,3)15-10-12(14)9-11-7-5-4-6-8-11/h4-8,12,15H,9-10,14H2,1-3H3. The van der Waals surface area contributed by atoms with E-state index in [9.17, 15) is 0 Å². The van der Waals surface area contributed by atoms with Crippen molar-refractivity contribution in [1.29, 1.82) is 0 Å². The highest BCUT2D eigenvalue weighted by Gasteiger charge is 2.11. The molecule has 1 aromatic carbocycles. The molecule has 0 bridgehead atoms. The molecule has 1 unspecified atom stereocenters. The normalized spacial score (nSPS) is 13.9. The summed E-state index contributed by atoms with van der Waals surface area (Å²) in [5.41, 5.74) is 7.50. The van der Waals surface area contributed by atoms with Crippen LogP contribution in [0.1, 0.15) is 26.3 Å². The van der Waals surface area contributed by atoms with E-state index in [4.69, 9.17) is 5.73 Å². The number of hydrogen-bond donors (Lipinski definition) is 2. The van der Waals surface area contributed by atoms with Gasteiger partial charge in [-0.05, 0) is 32.8 Å². The van der Waals surface area contributed by atoms with Crippen molar-refractivity contribution in [2.24, 2.45) is 5.73 Å². The van der Waals surface area contributed by atoms with Crippen molar-refractivity contribution in [3.63, 3.8) is 0 Å². The molecule has 0 heterocycles. The first-order valence-electron chi connectivity index (χ1n) is 5.52. The molecule has 2 nitrogen and oxygen atoms in total. The highest BCUT2D eigenvalue weighted by molar-refractivity contribution is 5.15. The summed E-state index contributed by atoms with van der Waals surface area (Å²) >= 11 is 0. The third kappa shape index (κ3) is 5.55. The second kappa shape index (κ2) is 5.29. The van der Waals surface area contributed by atoms with Crippen LogP contribution in [-0.2, 0) is 6.42 Å². The summed E-state index contributed by atoms with van der Waals surface area (Å²) in [7, 11) is 0. The van der Waals surface area contributed by atoms with Crippen molar-refractivity contribution in [1.82, 2.24) is 5.32 Å². The predicted molar refractivity (Wildman–Crippen MR) is 65.9 cm³/mol. The van der Waals surface area contributed by atoms with E-state index in [1.54, 1.807) is 0 Å². The minimum absolute atomic E-state index is 0.147. The Morgan fingerprint density at radius 3 is 2.33 bits per heavy atom. The van der Waals surface area contributed by atoms with Crippen LogP contribution in [0.3, 0.4) is 0 Å². The summed E-state index contributed by atoms with van der Waals surface area (Å²) in [5, 5.41) is 3.42. The van der Waals surface area contributed by atoms with Gasteiger partial charge in [0.2, 0.25) is 0 Å². The summed E-state index contributed by atoms with van der Waals surface area (Å²) in [6.45, 7) is 7.32. The van der Waals surface area contributed by atoms with E-state index in [0.717, 1.165) is 13.0 Å². The fraction of sp³-hybridized carbons (Fsp3) is 0.538. The molecule has 3 N–H and O–H groups in total. The number of nitrogens with one attached hydrogen (secondary N) is 1. The summed E-state index contributed by atoms with van der Waals surface area (Å²) in [6.07, 6.45) is 0.934. The zero-order valence-corrected chi connectivity index (χ0v) is 9.96. The van der Waals surface area contributed by atoms with Gasteiger partial charge in [-0.25, -0.2) is 0 Å². The topological polar surface area (TPSA) is 38.0 Å². The van der Waals surface area contributed by atoms with Gasteiger partial charge in [-0.2, -0.15) is 0 Å². The van der Waals surface area contributed by atoms with Crippen LogP contribution in [0, 0.1) is 0 Å². The fourth-order valence-corrected chi connectivity index (χ4v) is 1.43. The number of hydrogen-bond acceptors (Lipinski definition) is 2. The Labute approximate surface area is 92.9 Å². The van der Waals surface area contributed by atoms with Gasteiger partial charge >= 0.3 is 0 Å². The van der Waals surface area contributed by atoms with Crippen molar-refractivity contribution in [2.45, 2.75) is 38.8 Å². The van der Waals surface area contributed by atoms with E-state index in [1.807, 2.05) is 6.07 Å². The minimum Gasteiger partial charge on any atom is -0.326 e. The van der Waals surface area contributed by atoms with E-state index >= 15 is 0 Å². The molecule has 0 aliphatic rings. The monoisotopic (exact) mass is 206 g/mol. The van der Waals surface area contributed by atoms with Gasteiger partial charge in [-0.15, -0.1) is 0 Å². The van der Waals surface area contributed by atoms with Crippen LogP contribution in [0.4, 0.5) is 0 Å². The zero-order chi connectivity index (χ0) is 11.3. The molecular formula is C13H22N2. The number of nitrogens with two attached hydrogens (primary N) is 1. The molecule has 1 aromatic rings. The van der Waals surface area contributed by atoms with E-state index in [0.29, 0.717) is 0 Å². The maximum atomic E-state index is 6.05. The average Bonchev–Trinajstić information content (AvgIpc) is 2.15. The molecule has 1 rings (SSSR count). The van der Waals surface area contributed by atoms with E-state index in [-0.39, 0.29) is 11.6 Å². The lowest BCUT2D eigenvalue weighted by atomic mass is 10.0. The van der Waals surface area contributed by atoms with Gasteiger partial charge < -0.3 is 11.1 Å². The lowest BCUT2D eigenvalue weighted by Gasteiger charge is -2.23. The van der Waals surface area contributed by atoms with Crippen LogP contribution in [0.2, 0.25) is 0 Å². The molecule has 0 spiro atoms. The Kier molecular flexibility index (Phi) is 4.30. The molecule has 2 heteroatoms.